The molecule has 1 aliphatic rings. The summed E-state index contributed by atoms with van der Waals surface area (Å²) in [6.07, 6.45) is 4.74. The van der Waals surface area contributed by atoms with Crippen molar-refractivity contribution >= 4 is 23.3 Å². The SMILES string of the molecule is COC1(c2ncc(Cl)cc2C)CCCN(C(=O)c2cnnc(N(C)C)c2)C1. The lowest BCUT2D eigenvalue weighted by molar-refractivity contribution is -0.0661. The molecule has 0 N–H and O–H groups in total. The van der Waals surface area contributed by atoms with Crippen molar-refractivity contribution in [3.05, 3.63) is 46.4 Å². The number of piperidine rings is 1. The molecular formula is C19H24ClN5O2. The van der Waals surface area contributed by atoms with Gasteiger partial charge in [0.15, 0.2) is 5.82 Å². The molecule has 0 aliphatic carbocycles. The van der Waals surface area contributed by atoms with Gasteiger partial charge in [0, 0.05) is 33.9 Å². The lowest BCUT2D eigenvalue weighted by Gasteiger charge is -2.42. The van der Waals surface area contributed by atoms with E-state index >= 15 is 0 Å². The predicted octanol–water partition coefficient (Wildman–Crippen LogP) is 2.68. The Kier molecular flexibility index (Phi) is 5.62. The van der Waals surface area contributed by atoms with Crippen LogP contribution in [0.1, 0.15) is 34.5 Å². The van der Waals surface area contributed by atoms with Gasteiger partial charge in [-0.15, -0.1) is 5.10 Å². The number of ether oxygens (including phenoxy) is 1. The van der Waals surface area contributed by atoms with E-state index in [1.165, 1.54) is 6.20 Å². The maximum absolute atomic E-state index is 13.1. The second-order valence-electron chi connectivity index (χ2n) is 7.04. The van der Waals surface area contributed by atoms with Crippen molar-refractivity contribution in [3.8, 4) is 0 Å². The van der Waals surface area contributed by atoms with Gasteiger partial charge in [0.05, 0.1) is 29.0 Å². The number of rotatable bonds is 4. The minimum Gasteiger partial charge on any atom is -0.370 e. The number of carbonyl (C=O) groups is 1. The van der Waals surface area contributed by atoms with Crippen LogP contribution in [0.2, 0.25) is 5.02 Å². The molecule has 3 rings (SSSR count). The molecule has 2 aromatic rings. The fraction of sp³-hybridized carbons (Fsp3) is 0.474. The number of anilines is 1. The predicted molar refractivity (Wildman–Crippen MR) is 104 cm³/mol. The van der Waals surface area contributed by atoms with Crippen molar-refractivity contribution in [3.63, 3.8) is 0 Å². The number of aryl methyl sites for hydroxylation is 1. The van der Waals surface area contributed by atoms with Crippen LogP contribution in [0.3, 0.4) is 0 Å². The molecule has 2 aromatic heterocycles. The molecule has 1 saturated heterocycles. The number of carbonyl (C=O) groups excluding carboxylic acids is 1. The zero-order chi connectivity index (χ0) is 19.6. The third kappa shape index (κ3) is 3.89. The molecule has 0 radical (unpaired) electrons. The minimum absolute atomic E-state index is 0.0826. The number of halogens is 1. The van der Waals surface area contributed by atoms with Gasteiger partial charge in [-0.3, -0.25) is 9.78 Å². The third-order valence-electron chi connectivity index (χ3n) is 4.96. The van der Waals surface area contributed by atoms with Crippen molar-refractivity contribution in [2.45, 2.75) is 25.4 Å². The second kappa shape index (κ2) is 7.78. The average Bonchev–Trinajstić information content (AvgIpc) is 2.67. The molecule has 0 aromatic carbocycles. The van der Waals surface area contributed by atoms with Crippen LogP contribution in [0.25, 0.3) is 0 Å². The number of hydrogen-bond donors (Lipinski definition) is 0. The molecule has 0 bridgehead atoms. The summed E-state index contributed by atoms with van der Waals surface area (Å²) in [6.45, 7) is 3.06. The second-order valence-corrected chi connectivity index (χ2v) is 7.48. The number of likely N-dealkylation sites (tertiary alicyclic amines) is 1. The van der Waals surface area contributed by atoms with Gasteiger partial charge in [-0.05, 0) is 37.5 Å². The van der Waals surface area contributed by atoms with Crippen molar-refractivity contribution in [1.82, 2.24) is 20.1 Å². The van der Waals surface area contributed by atoms with Crippen LogP contribution < -0.4 is 4.90 Å². The number of amides is 1. The first-order valence-corrected chi connectivity index (χ1v) is 9.21. The highest BCUT2D eigenvalue weighted by Crippen LogP contribution is 2.36. The van der Waals surface area contributed by atoms with Gasteiger partial charge in [-0.25, -0.2) is 0 Å². The number of pyridine rings is 1. The lowest BCUT2D eigenvalue weighted by atomic mass is 9.86. The first-order chi connectivity index (χ1) is 12.9. The molecule has 7 nitrogen and oxygen atoms in total. The van der Waals surface area contributed by atoms with E-state index in [0.29, 0.717) is 29.5 Å². The quantitative estimate of drug-likeness (QED) is 0.800. The Balaban J connectivity index is 1.90. The Morgan fingerprint density at radius 3 is 2.78 bits per heavy atom. The number of nitrogens with zero attached hydrogens (tertiary/aromatic N) is 5. The van der Waals surface area contributed by atoms with Crippen LogP contribution in [0.15, 0.2) is 24.5 Å². The molecule has 27 heavy (non-hydrogen) atoms. The zero-order valence-electron chi connectivity index (χ0n) is 16.1. The molecule has 1 aliphatic heterocycles. The van der Waals surface area contributed by atoms with Gasteiger partial charge in [-0.1, -0.05) is 11.6 Å². The summed E-state index contributed by atoms with van der Waals surface area (Å²) in [5.74, 6) is 0.562. The van der Waals surface area contributed by atoms with Gasteiger partial charge >= 0.3 is 0 Å². The first kappa shape index (κ1) is 19.5. The summed E-state index contributed by atoms with van der Waals surface area (Å²) >= 11 is 6.06. The Bertz CT molecular complexity index is 845. The number of hydrogen-bond acceptors (Lipinski definition) is 6. The minimum atomic E-state index is -0.645. The Morgan fingerprint density at radius 1 is 1.33 bits per heavy atom. The van der Waals surface area contributed by atoms with E-state index in [-0.39, 0.29) is 5.91 Å². The molecule has 1 atom stereocenters. The first-order valence-electron chi connectivity index (χ1n) is 8.83. The van der Waals surface area contributed by atoms with E-state index in [1.807, 2.05) is 32.0 Å². The van der Waals surface area contributed by atoms with Gasteiger partial charge in [0.25, 0.3) is 5.91 Å². The Hall–Kier alpha value is -2.25. The molecule has 144 valence electrons. The third-order valence-corrected chi connectivity index (χ3v) is 5.16. The Morgan fingerprint density at radius 2 is 2.11 bits per heavy atom. The highest BCUT2D eigenvalue weighted by molar-refractivity contribution is 6.30. The summed E-state index contributed by atoms with van der Waals surface area (Å²) in [5, 5.41) is 8.59. The lowest BCUT2D eigenvalue weighted by Crippen LogP contribution is -2.50. The van der Waals surface area contributed by atoms with E-state index in [1.54, 1.807) is 24.3 Å². The van der Waals surface area contributed by atoms with Crippen LogP contribution in [-0.2, 0) is 10.3 Å². The van der Waals surface area contributed by atoms with E-state index < -0.39 is 5.60 Å². The van der Waals surface area contributed by atoms with Gasteiger partial charge in [0.2, 0.25) is 0 Å². The molecule has 8 heteroatoms. The Labute approximate surface area is 164 Å². The number of methoxy groups -OCH3 is 1. The summed E-state index contributed by atoms with van der Waals surface area (Å²) in [4.78, 5) is 21.2. The molecule has 3 heterocycles. The van der Waals surface area contributed by atoms with Crippen LogP contribution in [0.5, 0.6) is 0 Å². The zero-order valence-corrected chi connectivity index (χ0v) is 16.8. The van der Waals surface area contributed by atoms with Crippen LogP contribution in [0.4, 0.5) is 5.82 Å². The highest BCUT2D eigenvalue weighted by atomic mass is 35.5. The van der Waals surface area contributed by atoms with Crippen molar-refractivity contribution in [2.24, 2.45) is 0 Å². The van der Waals surface area contributed by atoms with E-state index in [2.05, 4.69) is 15.2 Å². The summed E-state index contributed by atoms with van der Waals surface area (Å²) in [5.41, 5.74) is 1.65. The fourth-order valence-electron chi connectivity index (χ4n) is 3.54. The van der Waals surface area contributed by atoms with Crippen molar-refractivity contribution in [2.75, 3.05) is 39.2 Å². The van der Waals surface area contributed by atoms with E-state index in [9.17, 15) is 4.79 Å². The maximum Gasteiger partial charge on any atom is 0.255 e. The van der Waals surface area contributed by atoms with Gasteiger partial charge in [-0.2, -0.15) is 5.10 Å². The molecule has 0 spiro atoms. The summed E-state index contributed by atoms with van der Waals surface area (Å²) in [6, 6.07) is 3.63. The van der Waals surface area contributed by atoms with Gasteiger partial charge in [0.1, 0.15) is 5.60 Å². The highest BCUT2D eigenvalue weighted by Gasteiger charge is 2.41. The largest absolute Gasteiger partial charge is 0.370 e. The smallest absolute Gasteiger partial charge is 0.255 e. The maximum atomic E-state index is 13.1. The fourth-order valence-corrected chi connectivity index (χ4v) is 3.76. The van der Waals surface area contributed by atoms with Gasteiger partial charge < -0.3 is 14.5 Å². The summed E-state index contributed by atoms with van der Waals surface area (Å²) < 4.78 is 5.93. The molecule has 1 amide bonds. The number of aromatic nitrogens is 3. The van der Waals surface area contributed by atoms with Crippen LogP contribution in [-0.4, -0.2) is 60.3 Å². The molecule has 0 saturated carbocycles. The average molecular weight is 390 g/mol. The van der Waals surface area contributed by atoms with Crippen molar-refractivity contribution in [1.29, 1.82) is 0 Å². The summed E-state index contributed by atoms with van der Waals surface area (Å²) in [7, 11) is 5.40. The van der Waals surface area contributed by atoms with Crippen LogP contribution in [0, 0.1) is 6.92 Å². The molecule has 1 unspecified atom stereocenters. The van der Waals surface area contributed by atoms with E-state index in [4.69, 9.17) is 16.3 Å². The molecule has 1 fully saturated rings. The van der Waals surface area contributed by atoms with E-state index in [0.717, 1.165) is 24.1 Å². The topological polar surface area (TPSA) is 71.5 Å². The standard InChI is InChI=1S/C19H24ClN5O2/c1-13-8-15(20)11-21-17(13)19(27-4)6-5-7-25(12-19)18(26)14-9-16(24(2)3)23-22-10-14/h8-11H,5-7,12H2,1-4H3. The van der Waals surface area contributed by atoms with Crippen molar-refractivity contribution < 1.29 is 9.53 Å². The normalized spacial score (nSPS) is 19.8. The molecular weight excluding hydrogens is 366 g/mol. The van der Waals surface area contributed by atoms with Crippen LogP contribution >= 0.6 is 11.6 Å². The monoisotopic (exact) mass is 389 g/mol.